The van der Waals surface area contributed by atoms with Crippen molar-refractivity contribution in [2.45, 2.75) is 26.4 Å². The van der Waals surface area contributed by atoms with E-state index in [2.05, 4.69) is 15.5 Å². The van der Waals surface area contributed by atoms with E-state index >= 15 is 0 Å². The van der Waals surface area contributed by atoms with E-state index in [1.54, 1.807) is 12.1 Å². The third-order valence-corrected chi connectivity index (χ3v) is 1.67. The number of carbonyl (C=O) groups excluding carboxylic acids is 1. The molecule has 0 saturated carbocycles. The molecule has 5 nitrogen and oxygen atoms in total. The summed E-state index contributed by atoms with van der Waals surface area (Å²) in [4.78, 5) is 11.3. The Labute approximate surface area is 99.2 Å². The maximum atomic E-state index is 11.3. The van der Waals surface area contributed by atoms with Gasteiger partial charge in [0.15, 0.2) is 5.15 Å². The van der Waals surface area contributed by atoms with Crippen molar-refractivity contribution < 1.29 is 9.53 Å². The van der Waals surface area contributed by atoms with Gasteiger partial charge in [0, 0.05) is 0 Å². The van der Waals surface area contributed by atoms with Gasteiger partial charge in [-0.15, -0.1) is 10.2 Å². The first kappa shape index (κ1) is 12.7. The lowest BCUT2D eigenvalue weighted by Gasteiger charge is -2.19. The summed E-state index contributed by atoms with van der Waals surface area (Å²) in [6.07, 6.45) is 0. The smallest absolute Gasteiger partial charge is 0.325 e. The lowest BCUT2D eigenvalue weighted by Crippen LogP contribution is -2.28. The fourth-order valence-electron chi connectivity index (χ4n) is 0.951. The molecule has 1 N–H and O–H groups in total. The number of esters is 1. The molecule has 16 heavy (non-hydrogen) atoms. The van der Waals surface area contributed by atoms with Crippen LogP contribution in [0.3, 0.4) is 0 Å². The molecular weight excluding hydrogens is 230 g/mol. The standard InChI is InChI=1S/C10H14ClN3O2/c1-10(2,3)16-9(15)6-12-8-5-4-7(11)13-14-8/h4-5H,6H2,1-3H3,(H,12,14). The van der Waals surface area contributed by atoms with E-state index in [-0.39, 0.29) is 12.5 Å². The van der Waals surface area contributed by atoms with Gasteiger partial charge in [-0.3, -0.25) is 4.79 Å². The van der Waals surface area contributed by atoms with Crippen LogP contribution in [0, 0.1) is 0 Å². The van der Waals surface area contributed by atoms with Crippen LogP contribution in [0.1, 0.15) is 20.8 Å². The van der Waals surface area contributed by atoms with Crippen LogP contribution in [-0.4, -0.2) is 28.3 Å². The summed E-state index contributed by atoms with van der Waals surface area (Å²) in [7, 11) is 0. The van der Waals surface area contributed by atoms with Crippen LogP contribution in [0.15, 0.2) is 12.1 Å². The highest BCUT2D eigenvalue weighted by atomic mass is 35.5. The Balaban J connectivity index is 2.40. The molecule has 0 aliphatic rings. The van der Waals surface area contributed by atoms with Gasteiger partial charge in [0.05, 0.1) is 0 Å². The van der Waals surface area contributed by atoms with Gasteiger partial charge in [0.1, 0.15) is 18.0 Å². The molecule has 0 aromatic carbocycles. The molecule has 88 valence electrons. The molecule has 0 saturated heterocycles. The molecule has 0 spiro atoms. The fourth-order valence-corrected chi connectivity index (χ4v) is 1.05. The van der Waals surface area contributed by atoms with Crippen molar-refractivity contribution in [2.75, 3.05) is 11.9 Å². The van der Waals surface area contributed by atoms with Crippen LogP contribution in [0.4, 0.5) is 5.82 Å². The number of hydrogen-bond donors (Lipinski definition) is 1. The van der Waals surface area contributed by atoms with Gasteiger partial charge in [-0.2, -0.15) is 0 Å². The molecule has 0 bridgehead atoms. The van der Waals surface area contributed by atoms with Gasteiger partial charge in [-0.1, -0.05) is 11.6 Å². The van der Waals surface area contributed by atoms with Crippen molar-refractivity contribution in [2.24, 2.45) is 0 Å². The molecule has 6 heteroatoms. The number of halogens is 1. The number of nitrogens with one attached hydrogen (secondary N) is 1. The maximum absolute atomic E-state index is 11.3. The SMILES string of the molecule is CC(C)(C)OC(=O)CNc1ccc(Cl)nn1. The fraction of sp³-hybridized carbons (Fsp3) is 0.500. The topological polar surface area (TPSA) is 64.1 Å². The van der Waals surface area contributed by atoms with Crippen LogP contribution in [0.25, 0.3) is 0 Å². The normalized spacial score (nSPS) is 11.0. The highest BCUT2D eigenvalue weighted by molar-refractivity contribution is 6.29. The molecule has 0 fully saturated rings. The number of aromatic nitrogens is 2. The van der Waals surface area contributed by atoms with Crippen molar-refractivity contribution in [3.05, 3.63) is 17.3 Å². The first-order valence-electron chi connectivity index (χ1n) is 4.82. The van der Waals surface area contributed by atoms with Crippen molar-refractivity contribution in [3.63, 3.8) is 0 Å². The van der Waals surface area contributed by atoms with E-state index in [9.17, 15) is 4.79 Å². The van der Waals surface area contributed by atoms with Crippen molar-refractivity contribution in [1.29, 1.82) is 0 Å². The van der Waals surface area contributed by atoms with E-state index in [1.807, 2.05) is 20.8 Å². The summed E-state index contributed by atoms with van der Waals surface area (Å²) in [5.41, 5.74) is -0.482. The van der Waals surface area contributed by atoms with Gasteiger partial charge in [-0.05, 0) is 32.9 Å². The Morgan fingerprint density at radius 2 is 2.12 bits per heavy atom. The van der Waals surface area contributed by atoms with E-state index in [1.165, 1.54) is 0 Å². The minimum atomic E-state index is -0.482. The Morgan fingerprint density at radius 3 is 2.62 bits per heavy atom. The van der Waals surface area contributed by atoms with E-state index in [0.717, 1.165) is 0 Å². The zero-order valence-corrected chi connectivity index (χ0v) is 10.2. The zero-order chi connectivity index (χ0) is 12.2. The molecule has 0 radical (unpaired) electrons. The lowest BCUT2D eigenvalue weighted by molar-refractivity contribution is -0.152. The average molecular weight is 244 g/mol. The molecule has 0 aliphatic carbocycles. The molecule has 1 rings (SSSR count). The van der Waals surface area contributed by atoms with Crippen LogP contribution < -0.4 is 5.32 Å². The molecule has 0 amide bonds. The van der Waals surface area contributed by atoms with Crippen LogP contribution >= 0.6 is 11.6 Å². The summed E-state index contributed by atoms with van der Waals surface area (Å²) in [6, 6.07) is 3.23. The summed E-state index contributed by atoms with van der Waals surface area (Å²) in [5.74, 6) is 0.138. The second-order valence-electron chi connectivity index (χ2n) is 4.18. The summed E-state index contributed by atoms with van der Waals surface area (Å²) < 4.78 is 5.11. The number of anilines is 1. The van der Waals surface area contributed by atoms with Crippen LogP contribution in [0.5, 0.6) is 0 Å². The number of ether oxygens (including phenoxy) is 1. The summed E-state index contributed by atoms with van der Waals surface area (Å²) >= 11 is 5.57. The van der Waals surface area contributed by atoms with Gasteiger partial charge >= 0.3 is 5.97 Å². The predicted molar refractivity (Wildman–Crippen MR) is 61.4 cm³/mol. The largest absolute Gasteiger partial charge is 0.459 e. The first-order valence-corrected chi connectivity index (χ1v) is 5.19. The number of hydrogen-bond acceptors (Lipinski definition) is 5. The Kier molecular flexibility index (Phi) is 4.06. The van der Waals surface area contributed by atoms with Crippen molar-refractivity contribution >= 4 is 23.4 Å². The molecular formula is C10H14ClN3O2. The zero-order valence-electron chi connectivity index (χ0n) is 9.45. The van der Waals surface area contributed by atoms with Gasteiger partial charge in [0.25, 0.3) is 0 Å². The third kappa shape index (κ3) is 4.93. The molecule has 0 unspecified atom stereocenters. The molecule has 1 aromatic rings. The minimum Gasteiger partial charge on any atom is -0.459 e. The monoisotopic (exact) mass is 243 g/mol. The first-order chi connectivity index (χ1) is 7.37. The van der Waals surface area contributed by atoms with Crippen LogP contribution in [0.2, 0.25) is 5.15 Å². The molecule has 0 aliphatic heterocycles. The van der Waals surface area contributed by atoms with E-state index < -0.39 is 5.60 Å². The highest BCUT2D eigenvalue weighted by Gasteiger charge is 2.15. The van der Waals surface area contributed by atoms with Gasteiger partial charge in [0.2, 0.25) is 0 Å². The Hall–Kier alpha value is -1.36. The predicted octanol–water partition coefficient (Wildman–Crippen LogP) is 1.88. The Bertz CT molecular complexity index is 359. The third-order valence-electron chi connectivity index (χ3n) is 1.47. The van der Waals surface area contributed by atoms with Gasteiger partial charge in [-0.25, -0.2) is 0 Å². The second kappa shape index (κ2) is 5.12. The Morgan fingerprint density at radius 1 is 1.44 bits per heavy atom. The molecule has 1 aromatic heterocycles. The summed E-state index contributed by atoms with van der Waals surface area (Å²) in [5, 5.41) is 10.5. The van der Waals surface area contributed by atoms with Gasteiger partial charge < -0.3 is 10.1 Å². The maximum Gasteiger partial charge on any atom is 0.325 e. The van der Waals surface area contributed by atoms with E-state index in [0.29, 0.717) is 11.0 Å². The lowest BCUT2D eigenvalue weighted by atomic mass is 10.2. The van der Waals surface area contributed by atoms with Crippen molar-refractivity contribution in [1.82, 2.24) is 10.2 Å². The minimum absolute atomic E-state index is 0.0492. The summed E-state index contributed by atoms with van der Waals surface area (Å²) in [6.45, 7) is 5.49. The highest BCUT2D eigenvalue weighted by Crippen LogP contribution is 2.08. The van der Waals surface area contributed by atoms with E-state index in [4.69, 9.17) is 16.3 Å². The number of rotatable bonds is 3. The van der Waals surface area contributed by atoms with Crippen LogP contribution in [-0.2, 0) is 9.53 Å². The van der Waals surface area contributed by atoms with Crippen molar-refractivity contribution in [3.8, 4) is 0 Å². The quantitative estimate of drug-likeness (QED) is 0.822. The number of nitrogens with zero attached hydrogens (tertiary/aromatic N) is 2. The second-order valence-corrected chi connectivity index (χ2v) is 4.57. The number of carbonyl (C=O) groups is 1. The average Bonchev–Trinajstić information content (AvgIpc) is 2.14. The molecule has 0 atom stereocenters. The molecule has 1 heterocycles.